The lowest BCUT2D eigenvalue weighted by molar-refractivity contribution is 0.0527. The first-order valence-electron chi connectivity index (χ1n) is 7.45. The van der Waals surface area contributed by atoms with E-state index in [1.165, 1.54) is 0 Å². The van der Waals surface area contributed by atoms with Crippen LogP contribution in [0.4, 0.5) is 10.5 Å². The van der Waals surface area contributed by atoms with Gasteiger partial charge in [-0.2, -0.15) is 0 Å². The molecule has 0 radical (unpaired) electrons. The average molecular weight is 342 g/mol. The second-order valence-corrected chi connectivity index (χ2v) is 6.39. The van der Waals surface area contributed by atoms with Gasteiger partial charge >= 0.3 is 6.09 Å². The van der Waals surface area contributed by atoms with Gasteiger partial charge in [0.1, 0.15) is 5.60 Å². The average Bonchev–Trinajstić information content (AvgIpc) is 2.45. The van der Waals surface area contributed by atoms with Gasteiger partial charge in [-0.05, 0) is 45.4 Å². The molecule has 0 fully saturated rings. The van der Waals surface area contributed by atoms with Crippen LogP contribution < -0.4 is 16.0 Å². The van der Waals surface area contributed by atoms with Crippen LogP contribution in [0.5, 0.6) is 0 Å². The predicted molar refractivity (Wildman–Crippen MR) is 92.2 cm³/mol. The molecule has 1 aromatic carbocycles. The number of alkyl carbamates (subject to hydrolysis) is 1. The minimum atomic E-state index is -0.498. The predicted octanol–water partition coefficient (Wildman–Crippen LogP) is 3.03. The van der Waals surface area contributed by atoms with Crippen molar-refractivity contribution in [3.8, 4) is 0 Å². The quantitative estimate of drug-likeness (QED) is 0.695. The van der Waals surface area contributed by atoms with E-state index >= 15 is 0 Å². The first-order chi connectivity index (χ1) is 10.7. The number of anilines is 1. The van der Waals surface area contributed by atoms with Crippen LogP contribution in [0.1, 0.15) is 37.6 Å². The lowest BCUT2D eigenvalue weighted by Crippen LogP contribution is -2.33. The molecule has 0 spiro atoms. The van der Waals surface area contributed by atoms with Gasteiger partial charge in [0.05, 0.1) is 10.6 Å². The van der Waals surface area contributed by atoms with Crippen molar-refractivity contribution in [3.05, 3.63) is 28.8 Å². The zero-order chi connectivity index (χ0) is 17.5. The molecule has 2 amide bonds. The maximum atomic E-state index is 11.7. The number of hydrogen-bond acceptors (Lipinski definition) is 4. The molecule has 0 unspecified atom stereocenters. The van der Waals surface area contributed by atoms with Gasteiger partial charge in [-0.3, -0.25) is 4.79 Å². The Labute approximate surface area is 141 Å². The Balaban J connectivity index is 2.37. The van der Waals surface area contributed by atoms with Crippen LogP contribution >= 0.6 is 11.6 Å². The van der Waals surface area contributed by atoms with Gasteiger partial charge in [-0.25, -0.2) is 4.79 Å². The SMILES string of the molecule is CNC(=O)c1cc(NCCCNC(=O)OC(C)(C)C)ccc1Cl. The standard InChI is InChI=1S/C16H24ClN3O3/c1-16(2,3)23-15(22)20-9-5-8-19-11-6-7-13(17)12(10-11)14(21)18-4/h6-7,10,19H,5,8-9H2,1-4H3,(H,18,21)(H,20,22). The molecule has 0 bridgehead atoms. The van der Waals surface area contributed by atoms with E-state index in [9.17, 15) is 9.59 Å². The van der Waals surface area contributed by atoms with Crippen LogP contribution in [0.3, 0.4) is 0 Å². The van der Waals surface area contributed by atoms with E-state index in [1.807, 2.05) is 20.8 Å². The molecule has 0 aliphatic rings. The Morgan fingerprint density at radius 2 is 1.91 bits per heavy atom. The smallest absolute Gasteiger partial charge is 0.407 e. The third kappa shape index (κ3) is 7.23. The van der Waals surface area contributed by atoms with Crippen molar-refractivity contribution in [1.29, 1.82) is 0 Å². The number of ether oxygens (including phenoxy) is 1. The van der Waals surface area contributed by atoms with Crippen molar-refractivity contribution >= 4 is 29.3 Å². The summed E-state index contributed by atoms with van der Waals surface area (Å²) in [6.07, 6.45) is 0.294. The number of amides is 2. The first kappa shape index (κ1) is 19.1. The summed E-state index contributed by atoms with van der Waals surface area (Å²) in [4.78, 5) is 23.1. The molecule has 7 heteroatoms. The van der Waals surface area contributed by atoms with Gasteiger partial charge in [-0.15, -0.1) is 0 Å². The molecule has 0 aromatic heterocycles. The molecular weight excluding hydrogens is 318 g/mol. The molecule has 0 heterocycles. The molecule has 0 atom stereocenters. The van der Waals surface area contributed by atoms with Crippen LogP contribution in [0.15, 0.2) is 18.2 Å². The topological polar surface area (TPSA) is 79.5 Å². The van der Waals surface area contributed by atoms with E-state index in [4.69, 9.17) is 16.3 Å². The van der Waals surface area contributed by atoms with Crippen molar-refractivity contribution in [3.63, 3.8) is 0 Å². The van der Waals surface area contributed by atoms with Gasteiger partial charge < -0.3 is 20.7 Å². The van der Waals surface area contributed by atoms with Crippen LogP contribution in [-0.2, 0) is 4.74 Å². The first-order valence-corrected chi connectivity index (χ1v) is 7.83. The summed E-state index contributed by atoms with van der Waals surface area (Å²) in [5, 5.41) is 8.82. The van der Waals surface area contributed by atoms with E-state index in [1.54, 1.807) is 25.2 Å². The van der Waals surface area contributed by atoms with Crippen LogP contribution in [-0.4, -0.2) is 37.7 Å². The van der Waals surface area contributed by atoms with Crippen molar-refractivity contribution in [1.82, 2.24) is 10.6 Å². The Bertz CT molecular complexity index is 556. The second kappa shape index (κ2) is 8.62. The monoisotopic (exact) mass is 341 g/mol. The number of carbonyl (C=O) groups is 2. The molecule has 0 aliphatic heterocycles. The Morgan fingerprint density at radius 1 is 1.22 bits per heavy atom. The highest BCUT2D eigenvalue weighted by Crippen LogP contribution is 2.20. The molecule has 6 nitrogen and oxygen atoms in total. The van der Waals surface area contributed by atoms with Crippen molar-refractivity contribution in [2.75, 3.05) is 25.5 Å². The fourth-order valence-electron chi connectivity index (χ4n) is 1.77. The highest BCUT2D eigenvalue weighted by atomic mass is 35.5. The minimum absolute atomic E-state index is 0.231. The normalized spacial score (nSPS) is 10.8. The summed E-state index contributed by atoms with van der Waals surface area (Å²) in [5.74, 6) is -0.231. The van der Waals surface area contributed by atoms with E-state index < -0.39 is 11.7 Å². The van der Waals surface area contributed by atoms with Crippen molar-refractivity contribution in [2.45, 2.75) is 32.8 Å². The molecule has 128 valence electrons. The lowest BCUT2D eigenvalue weighted by atomic mass is 10.2. The number of hydrogen-bond donors (Lipinski definition) is 3. The fourth-order valence-corrected chi connectivity index (χ4v) is 1.97. The summed E-state index contributed by atoms with van der Waals surface area (Å²) in [5.41, 5.74) is 0.721. The largest absolute Gasteiger partial charge is 0.444 e. The molecule has 0 saturated carbocycles. The zero-order valence-electron chi connectivity index (χ0n) is 14.0. The Morgan fingerprint density at radius 3 is 2.52 bits per heavy atom. The second-order valence-electron chi connectivity index (χ2n) is 5.98. The van der Waals surface area contributed by atoms with Crippen LogP contribution in [0.2, 0.25) is 5.02 Å². The fraction of sp³-hybridized carbons (Fsp3) is 0.500. The summed E-state index contributed by atoms with van der Waals surface area (Å²) in [7, 11) is 1.56. The Hall–Kier alpha value is -1.95. The van der Waals surface area contributed by atoms with Gasteiger partial charge in [-0.1, -0.05) is 11.6 Å². The van der Waals surface area contributed by atoms with Gasteiger partial charge in [0.2, 0.25) is 0 Å². The number of halogens is 1. The van der Waals surface area contributed by atoms with Crippen molar-refractivity contribution in [2.24, 2.45) is 0 Å². The van der Waals surface area contributed by atoms with Crippen molar-refractivity contribution < 1.29 is 14.3 Å². The van der Waals surface area contributed by atoms with Gasteiger partial charge in [0.25, 0.3) is 5.91 Å². The highest BCUT2D eigenvalue weighted by molar-refractivity contribution is 6.34. The molecule has 0 aliphatic carbocycles. The van der Waals surface area contributed by atoms with Crippen LogP contribution in [0.25, 0.3) is 0 Å². The van der Waals surface area contributed by atoms with E-state index in [0.717, 1.165) is 12.1 Å². The summed E-state index contributed by atoms with van der Waals surface area (Å²) in [6.45, 7) is 6.60. The third-order valence-electron chi connectivity index (χ3n) is 2.79. The lowest BCUT2D eigenvalue weighted by Gasteiger charge is -2.19. The van der Waals surface area contributed by atoms with Gasteiger partial charge in [0, 0.05) is 25.8 Å². The highest BCUT2D eigenvalue weighted by Gasteiger charge is 2.15. The Kier molecular flexibility index (Phi) is 7.16. The van der Waals surface area contributed by atoms with Gasteiger partial charge in [0.15, 0.2) is 0 Å². The molecule has 1 rings (SSSR count). The zero-order valence-corrected chi connectivity index (χ0v) is 14.7. The van der Waals surface area contributed by atoms with Crippen LogP contribution in [0, 0.1) is 0 Å². The van der Waals surface area contributed by atoms with E-state index in [-0.39, 0.29) is 5.91 Å². The maximum absolute atomic E-state index is 11.7. The summed E-state index contributed by atoms with van der Waals surface area (Å²) in [6, 6.07) is 5.17. The number of nitrogens with one attached hydrogen (secondary N) is 3. The molecule has 23 heavy (non-hydrogen) atoms. The number of carbonyl (C=O) groups excluding carboxylic acids is 2. The minimum Gasteiger partial charge on any atom is -0.444 e. The summed E-state index contributed by atoms with van der Waals surface area (Å²) >= 11 is 5.99. The van der Waals surface area contributed by atoms with E-state index in [0.29, 0.717) is 23.7 Å². The molecule has 0 saturated heterocycles. The maximum Gasteiger partial charge on any atom is 0.407 e. The van der Waals surface area contributed by atoms with E-state index in [2.05, 4.69) is 16.0 Å². The summed E-state index contributed by atoms with van der Waals surface area (Å²) < 4.78 is 5.14. The number of benzene rings is 1. The number of rotatable bonds is 6. The molecule has 1 aromatic rings. The third-order valence-corrected chi connectivity index (χ3v) is 3.12. The molecular formula is C16H24ClN3O3. The molecule has 3 N–H and O–H groups in total.